The number of aromatic nitrogens is 2. The van der Waals surface area contributed by atoms with Crippen LogP contribution >= 0.6 is 0 Å². The molecular formula is C9H10N2O3. The number of hydrogen-bond acceptors (Lipinski definition) is 3. The lowest BCUT2D eigenvalue weighted by molar-refractivity contribution is -0.138. The van der Waals surface area contributed by atoms with Crippen LogP contribution in [0.15, 0.2) is 10.9 Å². The van der Waals surface area contributed by atoms with Gasteiger partial charge in [-0.25, -0.2) is 4.68 Å². The zero-order chi connectivity index (χ0) is 10.1. The number of carbonyl (C=O) groups is 1. The van der Waals surface area contributed by atoms with Crippen LogP contribution in [-0.4, -0.2) is 20.9 Å². The third-order valence-corrected chi connectivity index (χ3v) is 2.31. The van der Waals surface area contributed by atoms with Gasteiger partial charge in [-0.2, -0.15) is 5.10 Å². The van der Waals surface area contributed by atoms with Crippen molar-refractivity contribution in [2.75, 3.05) is 0 Å². The van der Waals surface area contributed by atoms with Crippen molar-refractivity contribution in [2.24, 2.45) is 0 Å². The maximum absolute atomic E-state index is 11.4. The highest BCUT2D eigenvalue weighted by molar-refractivity contribution is 5.66. The number of carboxylic acids is 1. The molecule has 74 valence electrons. The Hall–Kier alpha value is -1.65. The van der Waals surface area contributed by atoms with Crippen molar-refractivity contribution >= 4 is 5.97 Å². The van der Waals surface area contributed by atoms with Crippen molar-refractivity contribution in [3.8, 4) is 0 Å². The van der Waals surface area contributed by atoms with E-state index in [0.717, 1.165) is 35.2 Å². The van der Waals surface area contributed by atoms with E-state index in [9.17, 15) is 9.59 Å². The molecule has 0 spiro atoms. The first-order valence-electron chi connectivity index (χ1n) is 4.48. The SMILES string of the molecule is O=C(O)Cn1nc2c(cc1=O)CCC2. The van der Waals surface area contributed by atoms with E-state index >= 15 is 0 Å². The van der Waals surface area contributed by atoms with E-state index in [1.807, 2.05) is 0 Å². The van der Waals surface area contributed by atoms with E-state index in [2.05, 4.69) is 5.10 Å². The number of hydrogen-bond donors (Lipinski definition) is 1. The van der Waals surface area contributed by atoms with Crippen molar-refractivity contribution in [3.05, 3.63) is 27.7 Å². The molecule has 14 heavy (non-hydrogen) atoms. The average molecular weight is 194 g/mol. The van der Waals surface area contributed by atoms with Crippen molar-refractivity contribution in [1.82, 2.24) is 9.78 Å². The van der Waals surface area contributed by atoms with Gasteiger partial charge in [-0.1, -0.05) is 0 Å². The van der Waals surface area contributed by atoms with Crippen molar-refractivity contribution in [3.63, 3.8) is 0 Å². The largest absolute Gasteiger partial charge is 0.480 e. The summed E-state index contributed by atoms with van der Waals surface area (Å²) >= 11 is 0. The number of fused-ring (bicyclic) bond motifs is 1. The summed E-state index contributed by atoms with van der Waals surface area (Å²) in [6.07, 6.45) is 2.72. The molecule has 5 nitrogen and oxygen atoms in total. The monoisotopic (exact) mass is 194 g/mol. The molecular weight excluding hydrogens is 184 g/mol. The van der Waals surface area contributed by atoms with Gasteiger partial charge in [-0.05, 0) is 24.8 Å². The Morgan fingerprint density at radius 3 is 3.07 bits per heavy atom. The minimum absolute atomic E-state index is 0.326. The Labute approximate surface area is 80.0 Å². The first-order valence-corrected chi connectivity index (χ1v) is 4.48. The molecule has 0 bridgehead atoms. The second kappa shape index (κ2) is 3.25. The number of nitrogens with zero attached hydrogens (tertiary/aromatic N) is 2. The highest BCUT2D eigenvalue weighted by Crippen LogP contribution is 2.16. The van der Waals surface area contributed by atoms with Crippen LogP contribution in [0.25, 0.3) is 0 Å². The lowest BCUT2D eigenvalue weighted by Crippen LogP contribution is -2.27. The molecule has 0 amide bonds. The minimum atomic E-state index is -1.04. The Balaban J connectivity index is 2.42. The topological polar surface area (TPSA) is 72.2 Å². The maximum atomic E-state index is 11.4. The molecule has 0 radical (unpaired) electrons. The highest BCUT2D eigenvalue weighted by atomic mass is 16.4. The molecule has 1 aromatic rings. The van der Waals surface area contributed by atoms with Crippen LogP contribution in [0, 0.1) is 0 Å². The highest BCUT2D eigenvalue weighted by Gasteiger charge is 2.15. The number of aryl methyl sites for hydroxylation is 2. The molecule has 0 aliphatic heterocycles. The van der Waals surface area contributed by atoms with Gasteiger partial charge in [-0.3, -0.25) is 9.59 Å². The lowest BCUT2D eigenvalue weighted by atomic mass is 10.2. The van der Waals surface area contributed by atoms with Crippen LogP contribution in [0.5, 0.6) is 0 Å². The summed E-state index contributed by atoms with van der Waals surface area (Å²) < 4.78 is 1.01. The fourth-order valence-corrected chi connectivity index (χ4v) is 1.68. The fourth-order valence-electron chi connectivity index (χ4n) is 1.68. The number of aliphatic carboxylic acids is 1. The number of carboxylic acid groups (broad SMARTS) is 1. The molecule has 0 saturated heterocycles. The predicted octanol–water partition coefficient (Wildman–Crippen LogP) is -0.183. The second-order valence-electron chi connectivity index (χ2n) is 3.36. The molecule has 1 N–H and O–H groups in total. The van der Waals surface area contributed by atoms with E-state index in [1.54, 1.807) is 0 Å². The van der Waals surface area contributed by atoms with Gasteiger partial charge in [-0.15, -0.1) is 0 Å². The van der Waals surface area contributed by atoms with Gasteiger partial charge in [0.2, 0.25) is 0 Å². The molecule has 0 atom stereocenters. The number of rotatable bonds is 2. The molecule has 0 unspecified atom stereocenters. The molecule has 0 aromatic carbocycles. The fraction of sp³-hybridized carbons (Fsp3) is 0.444. The summed E-state index contributed by atoms with van der Waals surface area (Å²) in [6.45, 7) is -0.355. The lowest BCUT2D eigenvalue weighted by Gasteiger charge is -2.03. The smallest absolute Gasteiger partial charge is 0.325 e. The van der Waals surface area contributed by atoms with Crippen molar-refractivity contribution < 1.29 is 9.90 Å². The molecule has 1 aliphatic rings. The molecule has 1 heterocycles. The molecule has 0 fully saturated rings. The standard InChI is InChI=1S/C9H10N2O3/c12-8-4-6-2-1-3-7(6)10-11(8)5-9(13)14/h4H,1-3,5H2,(H,13,14). The normalized spacial score (nSPS) is 14.0. The summed E-state index contributed by atoms with van der Waals surface area (Å²) in [5.74, 6) is -1.04. The minimum Gasteiger partial charge on any atom is -0.480 e. The average Bonchev–Trinajstić information content (AvgIpc) is 2.51. The van der Waals surface area contributed by atoms with E-state index in [-0.39, 0.29) is 12.1 Å². The van der Waals surface area contributed by atoms with Gasteiger partial charge in [0.25, 0.3) is 5.56 Å². The van der Waals surface area contributed by atoms with E-state index < -0.39 is 5.97 Å². The van der Waals surface area contributed by atoms with Gasteiger partial charge in [0.15, 0.2) is 0 Å². The van der Waals surface area contributed by atoms with Gasteiger partial charge in [0, 0.05) is 6.07 Å². The first kappa shape index (κ1) is 8.93. The van der Waals surface area contributed by atoms with E-state index in [1.165, 1.54) is 6.07 Å². The zero-order valence-electron chi connectivity index (χ0n) is 7.56. The van der Waals surface area contributed by atoms with Crippen LogP contribution < -0.4 is 5.56 Å². The van der Waals surface area contributed by atoms with Gasteiger partial charge in [0.1, 0.15) is 6.54 Å². The predicted molar refractivity (Wildman–Crippen MR) is 48.2 cm³/mol. The summed E-state index contributed by atoms with van der Waals surface area (Å²) in [5, 5.41) is 12.6. The molecule has 2 rings (SSSR count). The summed E-state index contributed by atoms with van der Waals surface area (Å²) in [7, 11) is 0. The Morgan fingerprint density at radius 1 is 1.57 bits per heavy atom. The Kier molecular flexibility index (Phi) is 2.07. The van der Waals surface area contributed by atoms with E-state index in [4.69, 9.17) is 5.11 Å². The summed E-state index contributed by atoms with van der Waals surface area (Å²) in [5.41, 5.74) is 1.51. The van der Waals surface area contributed by atoms with Crippen LogP contribution in [0.1, 0.15) is 17.7 Å². The summed E-state index contributed by atoms with van der Waals surface area (Å²) in [6, 6.07) is 1.50. The second-order valence-corrected chi connectivity index (χ2v) is 3.36. The van der Waals surface area contributed by atoms with Crippen LogP contribution in [0.4, 0.5) is 0 Å². The van der Waals surface area contributed by atoms with Gasteiger partial charge >= 0.3 is 5.97 Å². The molecule has 1 aliphatic carbocycles. The maximum Gasteiger partial charge on any atom is 0.325 e. The van der Waals surface area contributed by atoms with Crippen molar-refractivity contribution in [1.29, 1.82) is 0 Å². The summed E-state index contributed by atoms with van der Waals surface area (Å²) in [4.78, 5) is 21.8. The Bertz CT molecular complexity index is 436. The van der Waals surface area contributed by atoms with E-state index in [0.29, 0.717) is 0 Å². The molecule has 5 heteroatoms. The van der Waals surface area contributed by atoms with Gasteiger partial charge in [0.05, 0.1) is 5.69 Å². The zero-order valence-corrected chi connectivity index (χ0v) is 7.56. The third-order valence-electron chi connectivity index (χ3n) is 2.31. The van der Waals surface area contributed by atoms with Crippen LogP contribution in [-0.2, 0) is 24.2 Å². The van der Waals surface area contributed by atoms with Crippen LogP contribution in [0.2, 0.25) is 0 Å². The Morgan fingerprint density at radius 2 is 2.36 bits per heavy atom. The van der Waals surface area contributed by atoms with Crippen LogP contribution in [0.3, 0.4) is 0 Å². The van der Waals surface area contributed by atoms with Crippen molar-refractivity contribution in [2.45, 2.75) is 25.8 Å². The van der Waals surface area contributed by atoms with Gasteiger partial charge < -0.3 is 5.11 Å². The third kappa shape index (κ3) is 1.53. The molecule has 1 aromatic heterocycles. The quantitative estimate of drug-likeness (QED) is 0.708. The first-order chi connectivity index (χ1) is 6.66. The molecule has 0 saturated carbocycles.